The summed E-state index contributed by atoms with van der Waals surface area (Å²) < 4.78 is 0.883. The van der Waals surface area contributed by atoms with Crippen LogP contribution in [0.25, 0.3) is 0 Å². The van der Waals surface area contributed by atoms with Crippen LogP contribution in [0.5, 0.6) is 0 Å². The highest BCUT2D eigenvalue weighted by Gasteiger charge is 2.37. The molecule has 106 valence electrons. The van der Waals surface area contributed by atoms with Gasteiger partial charge in [-0.1, -0.05) is 48.5 Å². The molecule has 0 heterocycles. The average Bonchev–Trinajstić information content (AvgIpc) is 2.49. The first-order chi connectivity index (χ1) is 10.0. The van der Waals surface area contributed by atoms with Gasteiger partial charge in [-0.2, -0.15) is 5.26 Å². The van der Waals surface area contributed by atoms with Crippen LogP contribution < -0.4 is 0 Å². The van der Waals surface area contributed by atoms with Crippen molar-refractivity contribution in [2.45, 2.75) is 19.9 Å². The van der Waals surface area contributed by atoms with Crippen molar-refractivity contribution in [2.24, 2.45) is 5.41 Å². The number of hydroxylamine groups is 1. The van der Waals surface area contributed by atoms with Crippen LogP contribution in [0.3, 0.4) is 0 Å². The molecule has 2 aromatic carbocycles. The van der Waals surface area contributed by atoms with Crippen LogP contribution in [0, 0.1) is 22.0 Å². The van der Waals surface area contributed by atoms with Gasteiger partial charge in [0, 0.05) is 11.1 Å². The van der Waals surface area contributed by atoms with Crippen LogP contribution >= 0.6 is 0 Å². The molecule has 3 heteroatoms. The average molecular weight is 278 g/mol. The maximum atomic E-state index is 12.6. The Labute approximate surface area is 125 Å². The van der Waals surface area contributed by atoms with Gasteiger partial charge < -0.3 is 5.21 Å². The molecule has 1 unspecified atom stereocenters. The molecular formula is C18H18N2O. The molecule has 0 aliphatic rings. The number of hydrogen-bond donors (Lipinski definition) is 0. The van der Waals surface area contributed by atoms with E-state index in [1.54, 1.807) is 13.8 Å². The number of nitriles is 1. The molecule has 2 aromatic rings. The number of rotatable bonds is 4. The van der Waals surface area contributed by atoms with Gasteiger partial charge in [-0.05, 0) is 26.0 Å². The molecule has 0 radical (unpaired) electrons. The SMILES string of the molecule is CC(C)(C#N)C(c1ccccc1)[N+]([O-])=Cc1ccccc1. The molecule has 0 aliphatic carbocycles. The largest absolute Gasteiger partial charge is 0.623 e. The highest BCUT2D eigenvalue weighted by molar-refractivity contribution is 5.75. The second kappa shape index (κ2) is 6.23. The lowest BCUT2D eigenvalue weighted by atomic mass is 9.82. The topological polar surface area (TPSA) is 49.9 Å². The predicted molar refractivity (Wildman–Crippen MR) is 83.8 cm³/mol. The highest BCUT2D eigenvalue weighted by atomic mass is 16.5. The summed E-state index contributed by atoms with van der Waals surface area (Å²) in [4.78, 5) is 0. The standard InChI is InChI=1S/C18H18N2O/c1-18(2,14-19)17(16-11-7-4-8-12-16)20(21)13-15-9-5-3-6-10-15/h3-13,17H,1-2H3. The molecular weight excluding hydrogens is 260 g/mol. The Balaban J connectivity index is 2.46. The summed E-state index contributed by atoms with van der Waals surface area (Å²) in [6.45, 7) is 3.57. The first kappa shape index (κ1) is 14.8. The summed E-state index contributed by atoms with van der Waals surface area (Å²) in [6.07, 6.45) is 1.54. The number of benzene rings is 2. The Morgan fingerprint density at radius 1 is 1.05 bits per heavy atom. The molecule has 0 fully saturated rings. The van der Waals surface area contributed by atoms with Crippen LogP contribution in [0.1, 0.15) is 31.0 Å². The lowest BCUT2D eigenvalue weighted by Crippen LogP contribution is -2.29. The van der Waals surface area contributed by atoms with Gasteiger partial charge in [-0.15, -0.1) is 0 Å². The Morgan fingerprint density at radius 3 is 2.10 bits per heavy atom. The summed E-state index contributed by atoms with van der Waals surface area (Å²) in [5, 5.41) is 22.0. The van der Waals surface area contributed by atoms with Crippen molar-refractivity contribution in [1.82, 2.24) is 0 Å². The molecule has 1 atom stereocenters. The van der Waals surface area contributed by atoms with Crippen molar-refractivity contribution in [3.05, 3.63) is 77.0 Å². The van der Waals surface area contributed by atoms with Crippen molar-refractivity contribution in [1.29, 1.82) is 5.26 Å². The Kier molecular flexibility index (Phi) is 4.39. The van der Waals surface area contributed by atoms with Crippen LogP contribution in [0.15, 0.2) is 60.7 Å². The lowest BCUT2D eigenvalue weighted by Gasteiger charge is -2.26. The number of hydrogen-bond acceptors (Lipinski definition) is 2. The Bertz CT molecular complexity index is 655. The highest BCUT2D eigenvalue weighted by Crippen LogP contribution is 2.35. The van der Waals surface area contributed by atoms with Gasteiger partial charge in [0.05, 0.1) is 6.07 Å². The molecule has 0 aliphatic heterocycles. The van der Waals surface area contributed by atoms with Crippen LogP contribution in [-0.2, 0) is 0 Å². The van der Waals surface area contributed by atoms with Crippen molar-refractivity contribution in [2.75, 3.05) is 0 Å². The lowest BCUT2D eigenvalue weighted by molar-refractivity contribution is -0.519. The van der Waals surface area contributed by atoms with Crippen molar-refractivity contribution >= 4 is 6.21 Å². The van der Waals surface area contributed by atoms with Gasteiger partial charge in [0.2, 0.25) is 6.04 Å². The molecule has 2 rings (SSSR count). The van der Waals surface area contributed by atoms with E-state index in [0.717, 1.165) is 15.9 Å². The molecule has 0 aromatic heterocycles. The molecule has 0 amide bonds. The third-order valence-electron chi connectivity index (χ3n) is 3.42. The second-order valence-electron chi connectivity index (χ2n) is 5.55. The van der Waals surface area contributed by atoms with Gasteiger partial charge >= 0.3 is 0 Å². The van der Waals surface area contributed by atoms with E-state index >= 15 is 0 Å². The molecule has 0 saturated heterocycles. The zero-order valence-electron chi connectivity index (χ0n) is 12.2. The van der Waals surface area contributed by atoms with Gasteiger partial charge in [-0.25, -0.2) is 4.74 Å². The quantitative estimate of drug-likeness (QED) is 0.368. The van der Waals surface area contributed by atoms with E-state index in [1.165, 1.54) is 6.21 Å². The third-order valence-corrected chi connectivity index (χ3v) is 3.42. The molecule has 0 bridgehead atoms. The Morgan fingerprint density at radius 2 is 1.57 bits per heavy atom. The smallest absolute Gasteiger partial charge is 0.206 e. The zero-order chi connectivity index (χ0) is 15.3. The summed E-state index contributed by atoms with van der Waals surface area (Å²) >= 11 is 0. The van der Waals surface area contributed by atoms with E-state index in [2.05, 4.69) is 6.07 Å². The molecule has 0 spiro atoms. The summed E-state index contributed by atoms with van der Waals surface area (Å²) in [5.74, 6) is 0. The first-order valence-corrected chi connectivity index (χ1v) is 6.86. The maximum absolute atomic E-state index is 12.6. The van der Waals surface area contributed by atoms with Crippen LogP contribution in [-0.4, -0.2) is 11.0 Å². The van der Waals surface area contributed by atoms with Gasteiger partial charge in [0.25, 0.3) is 0 Å². The molecule has 21 heavy (non-hydrogen) atoms. The monoisotopic (exact) mass is 278 g/mol. The second-order valence-corrected chi connectivity index (χ2v) is 5.55. The van der Waals surface area contributed by atoms with E-state index in [0.29, 0.717) is 0 Å². The first-order valence-electron chi connectivity index (χ1n) is 6.86. The van der Waals surface area contributed by atoms with Gasteiger partial charge in [0.1, 0.15) is 5.41 Å². The van der Waals surface area contributed by atoms with E-state index in [4.69, 9.17) is 0 Å². The minimum atomic E-state index is -0.797. The molecule has 0 N–H and O–H groups in total. The zero-order valence-corrected chi connectivity index (χ0v) is 12.2. The summed E-state index contributed by atoms with van der Waals surface area (Å²) in [5.41, 5.74) is 0.863. The molecule has 0 saturated carbocycles. The fraction of sp³-hybridized carbons (Fsp3) is 0.222. The Hall–Kier alpha value is -2.60. The maximum Gasteiger partial charge on any atom is 0.206 e. The minimum Gasteiger partial charge on any atom is -0.623 e. The van der Waals surface area contributed by atoms with Crippen molar-refractivity contribution in [3.63, 3.8) is 0 Å². The third kappa shape index (κ3) is 3.49. The summed E-state index contributed by atoms with van der Waals surface area (Å²) in [6, 6.07) is 20.5. The van der Waals surface area contributed by atoms with Gasteiger partial charge in [0.15, 0.2) is 6.21 Å². The van der Waals surface area contributed by atoms with E-state index in [-0.39, 0.29) is 0 Å². The molecule has 3 nitrogen and oxygen atoms in total. The van der Waals surface area contributed by atoms with Crippen molar-refractivity contribution in [3.8, 4) is 6.07 Å². The summed E-state index contributed by atoms with van der Waals surface area (Å²) in [7, 11) is 0. The van der Waals surface area contributed by atoms with Gasteiger partial charge in [-0.3, -0.25) is 0 Å². The van der Waals surface area contributed by atoms with Crippen LogP contribution in [0.2, 0.25) is 0 Å². The van der Waals surface area contributed by atoms with E-state index in [9.17, 15) is 10.5 Å². The van der Waals surface area contributed by atoms with E-state index < -0.39 is 11.5 Å². The van der Waals surface area contributed by atoms with E-state index in [1.807, 2.05) is 60.7 Å². The normalized spacial score (nSPS) is 13.5. The van der Waals surface area contributed by atoms with Crippen LogP contribution in [0.4, 0.5) is 0 Å². The number of nitrogens with zero attached hydrogens (tertiary/aromatic N) is 2. The van der Waals surface area contributed by atoms with Crippen molar-refractivity contribution < 1.29 is 4.74 Å². The fourth-order valence-corrected chi connectivity index (χ4v) is 2.34. The predicted octanol–water partition coefficient (Wildman–Crippen LogP) is 3.91. The minimum absolute atomic E-state index is 0.552. The fourth-order valence-electron chi connectivity index (χ4n) is 2.34.